The third kappa shape index (κ3) is 5.21. The smallest absolute Gasteiger partial charge is 0.195 e. The molecule has 0 heterocycles. The van der Waals surface area contributed by atoms with E-state index in [2.05, 4.69) is 49.2 Å². The van der Waals surface area contributed by atoms with Crippen molar-refractivity contribution < 1.29 is 0 Å². The SMILES string of the molecule is CC(CN=C(N(C)C)N(C)C)N(C)Cc1ccccc1. The first kappa shape index (κ1) is 16.5. The lowest BCUT2D eigenvalue weighted by atomic mass is 10.2. The molecule has 0 bridgehead atoms. The van der Waals surface area contributed by atoms with Crippen LogP contribution in [0.4, 0.5) is 0 Å². The molecule has 0 N–H and O–H groups in total. The second kappa shape index (κ2) is 7.90. The van der Waals surface area contributed by atoms with Crippen molar-refractivity contribution in [2.45, 2.75) is 19.5 Å². The van der Waals surface area contributed by atoms with Crippen molar-refractivity contribution in [1.82, 2.24) is 14.7 Å². The van der Waals surface area contributed by atoms with Crippen molar-refractivity contribution in [3.63, 3.8) is 0 Å². The summed E-state index contributed by atoms with van der Waals surface area (Å²) in [5.74, 6) is 1.00. The van der Waals surface area contributed by atoms with Crippen LogP contribution in [0.25, 0.3) is 0 Å². The third-order valence-electron chi connectivity index (χ3n) is 3.32. The van der Waals surface area contributed by atoms with Crippen molar-refractivity contribution >= 4 is 5.96 Å². The maximum absolute atomic E-state index is 4.71. The molecule has 0 aliphatic rings. The Bertz CT molecular complexity index is 402. The molecule has 4 nitrogen and oxygen atoms in total. The summed E-state index contributed by atoms with van der Waals surface area (Å²) in [6.45, 7) is 3.97. The van der Waals surface area contributed by atoms with E-state index in [-0.39, 0.29) is 0 Å². The van der Waals surface area contributed by atoms with Crippen molar-refractivity contribution in [1.29, 1.82) is 0 Å². The zero-order valence-electron chi connectivity index (χ0n) is 13.7. The highest BCUT2D eigenvalue weighted by Gasteiger charge is 2.11. The minimum absolute atomic E-state index is 0.408. The Balaban J connectivity index is 2.57. The number of nitrogens with zero attached hydrogens (tertiary/aromatic N) is 4. The van der Waals surface area contributed by atoms with Gasteiger partial charge in [0.05, 0.1) is 6.54 Å². The highest BCUT2D eigenvalue weighted by molar-refractivity contribution is 5.79. The Labute approximate surface area is 123 Å². The molecule has 0 amide bonds. The van der Waals surface area contributed by atoms with Gasteiger partial charge < -0.3 is 9.80 Å². The maximum Gasteiger partial charge on any atom is 0.195 e. The summed E-state index contributed by atoms with van der Waals surface area (Å²) in [4.78, 5) is 11.1. The zero-order valence-corrected chi connectivity index (χ0v) is 13.7. The average Bonchev–Trinajstić information content (AvgIpc) is 2.38. The highest BCUT2D eigenvalue weighted by Crippen LogP contribution is 2.06. The van der Waals surface area contributed by atoms with E-state index in [1.165, 1.54) is 5.56 Å². The fourth-order valence-electron chi connectivity index (χ4n) is 2.06. The molecule has 4 heteroatoms. The molecule has 0 aromatic heterocycles. The number of rotatable bonds is 5. The van der Waals surface area contributed by atoms with Crippen LogP contribution in [0, 0.1) is 0 Å². The van der Waals surface area contributed by atoms with Gasteiger partial charge in [-0.1, -0.05) is 30.3 Å². The van der Waals surface area contributed by atoms with Crippen LogP contribution in [-0.2, 0) is 6.54 Å². The molecule has 0 aliphatic carbocycles. The van der Waals surface area contributed by atoms with E-state index in [1.54, 1.807) is 0 Å². The van der Waals surface area contributed by atoms with E-state index in [1.807, 2.05) is 38.0 Å². The first-order chi connectivity index (χ1) is 9.41. The van der Waals surface area contributed by atoms with Crippen molar-refractivity contribution in [3.05, 3.63) is 35.9 Å². The summed E-state index contributed by atoms with van der Waals surface area (Å²) in [5, 5.41) is 0. The van der Waals surface area contributed by atoms with Crippen LogP contribution >= 0.6 is 0 Å². The summed E-state index contributed by atoms with van der Waals surface area (Å²) >= 11 is 0. The van der Waals surface area contributed by atoms with Gasteiger partial charge in [0, 0.05) is 40.8 Å². The average molecular weight is 276 g/mol. The van der Waals surface area contributed by atoms with Gasteiger partial charge in [-0.25, -0.2) is 0 Å². The van der Waals surface area contributed by atoms with E-state index in [9.17, 15) is 0 Å². The standard InChI is InChI=1S/C16H28N4/c1-14(12-17-16(18(2)3)19(4)5)20(6)13-15-10-8-7-9-11-15/h7-11,14H,12-13H2,1-6H3. The van der Waals surface area contributed by atoms with Crippen molar-refractivity contribution in [3.8, 4) is 0 Å². The lowest BCUT2D eigenvalue weighted by molar-refractivity contribution is 0.254. The van der Waals surface area contributed by atoms with Gasteiger partial charge >= 0.3 is 0 Å². The van der Waals surface area contributed by atoms with E-state index in [4.69, 9.17) is 4.99 Å². The minimum atomic E-state index is 0.408. The van der Waals surface area contributed by atoms with Crippen molar-refractivity contribution in [2.24, 2.45) is 4.99 Å². The van der Waals surface area contributed by atoms with Crippen LogP contribution in [0.1, 0.15) is 12.5 Å². The highest BCUT2D eigenvalue weighted by atomic mass is 15.3. The quantitative estimate of drug-likeness (QED) is 0.606. The third-order valence-corrected chi connectivity index (χ3v) is 3.32. The van der Waals surface area contributed by atoms with Gasteiger partial charge in [-0.15, -0.1) is 0 Å². The normalized spacial score (nSPS) is 12.2. The van der Waals surface area contributed by atoms with E-state index in [0.717, 1.165) is 19.0 Å². The van der Waals surface area contributed by atoms with Crippen LogP contribution in [0.3, 0.4) is 0 Å². The second-order valence-corrected chi connectivity index (χ2v) is 5.68. The summed E-state index contributed by atoms with van der Waals surface area (Å²) in [6.07, 6.45) is 0. The Morgan fingerprint density at radius 2 is 1.55 bits per heavy atom. The first-order valence-corrected chi connectivity index (χ1v) is 7.05. The molecular weight excluding hydrogens is 248 g/mol. The summed E-state index contributed by atoms with van der Waals surface area (Å²) in [7, 11) is 10.3. The van der Waals surface area contributed by atoms with Gasteiger partial charge in [-0.2, -0.15) is 0 Å². The molecule has 0 saturated heterocycles. The molecule has 0 fully saturated rings. The van der Waals surface area contributed by atoms with Crippen LogP contribution in [0.15, 0.2) is 35.3 Å². The summed E-state index contributed by atoms with van der Waals surface area (Å²) in [5.41, 5.74) is 1.34. The second-order valence-electron chi connectivity index (χ2n) is 5.68. The van der Waals surface area contributed by atoms with Crippen LogP contribution in [0.2, 0.25) is 0 Å². The molecule has 1 unspecified atom stereocenters. The number of likely N-dealkylation sites (N-methyl/N-ethyl adjacent to an activating group) is 1. The molecular formula is C16H28N4. The van der Waals surface area contributed by atoms with Gasteiger partial charge in [0.15, 0.2) is 5.96 Å². The summed E-state index contributed by atoms with van der Waals surface area (Å²) < 4.78 is 0. The lowest BCUT2D eigenvalue weighted by Gasteiger charge is -2.26. The number of hydrogen-bond donors (Lipinski definition) is 0. The molecule has 0 aliphatic heterocycles. The Morgan fingerprint density at radius 1 is 1.00 bits per heavy atom. The van der Waals surface area contributed by atoms with E-state index in [0.29, 0.717) is 6.04 Å². The van der Waals surface area contributed by atoms with Gasteiger partial charge in [0.1, 0.15) is 0 Å². The Kier molecular flexibility index (Phi) is 6.52. The summed E-state index contributed by atoms with van der Waals surface area (Å²) in [6, 6.07) is 11.0. The number of hydrogen-bond acceptors (Lipinski definition) is 2. The van der Waals surface area contributed by atoms with Gasteiger partial charge in [0.2, 0.25) is 0 Å². The predicted octanol–water partition coefficient (Wildman–Crippen LogP) is 1.99. The number of guanidine groups is 1. The molecule has 20 heavy (non-hydrogen) atoms. The fourth-order valence-corrected chi connectivity index (χ4v) is 2.06. The lowest BCUT2D eigenvalue weighted by Crippen LogP contribution is -2.37. The molecule has 0 saturated carbocycles. The molecule has 112 valence electrons. The zero-order chi connectivity index (χ0) is 15.1. The molecule has 1 aromatic rings. The molecule has 1 aromatic carbocycles. The van der Waals surface area contributed by atoms with Crippen molar-refractivity contribution in [2.75, 3.05) is 41.8 Å². The monoisotopic (exact) mass is 276 g/mol. The number of aliphatic imine (C=N–C) groups is 1. The van der Waals surface area contributed by atoms with Crippen LogP contribution in [0.5, 0.6) is 0 Å². The molecule has 0 radical (unpaired) electrons. The topological polar surface area (TPSA) is 22.1 Å². The Hall–Kier alpha value is -1.55. The van der Waals surface area contributed by atoms with Crippen LogP contribution < -0.4 is 0 Å². The van der Waals surface area contributed by atoms with Gasteiger partial charge in [-0.05, 0) is 19.5 Å². The predicted molar refractivity (Wildman–Crippen MR) is 87.0 cm³/mol. The van der Waals surface area contributed by atoms with Gasteiger partial charge in [0.25, 0.3) is 0 Å². The van der Waals surface area contributed by atoms with E-state index >= 15 is 0 Å². The molecule has 0 spiro atoms. The number of benzene rings is 1. The van der Waals surface area contributed by atoms with Crippen LogP contribution in [-0.4, -0.2) is 68.5 Å². The maximum atomic E-state index is 4.71. The minimum Gasteiger partial charge on any atom is -0.349 e. The molecule has 1 rings (SSSR count). The fraction of sp³-hybridized carbons (Fsp3) is 0.562. The largest absolute Gasteiger partial charge is 0.349 e. The van der Waals surface area contributed by atoms with Gasteiger partial charge in [-0.3, -0.25) is 9.89 Å². The first-order valence-electron chi connectivity index (χ1n) is 7.05. The Morgan fingerprint density at radius 3 is 2.05 bits per heavy atom. The molecule has 1 atom stereocenters. The van der Waals surface area contributed by atoms with E-state index < -0.39 is 0 Å².